The minimum Gasteiger partial charge on any atom is -0.456 e. The molecule has 2 aromatic carbocycles. The number of thiazole rings is 1. The summed E-state index contributed by atoms with van der Waals surface area (Å²) >= 11 is 2.79. The normalized spacial score (nSPS) is 11.3. The Balaban J connectivity index is 1.29. The lowest BCUT2D eigenvalue weighted by Gasteiger charge is -2.09. The highest BCUT2D eigenvalue weighted by Gasteiger charge is 2.15. The summed E-state index contributed by atoms with van der Waals surface area (Å²) in [4.78, 5) is 34.5. The van der Waals surface area contributed by atoms with Crippen LogP contribution in [0.5, 0.6) is 0 Å². The van der Waals surface area contributed by atoms with Gasteiger partial charge in [-0.25, -0.2) is 14.8 Å². The van der Waals surface area contributed by atoms with Gasteiger partial charge in [0.1, 0.15) is 12.1 Å². The molecule has 5 rings (SSSR count). The van der Waals surface area contributed by atoms with E-state index in [4.69, 9.17) is 9.15 Å². The van der Waals surface area contributed by atoms with Gasteiger partial charge in [0.15, 0.2) is 10.5 Å². The molecule has 0 N–H and O–H groups in total. The molecule has 5 aromatic rings. The average molecular weight is 464 g/mol. The summed E-state index contributed by atoms with van der Waals surface area (Å²) < 4.78 is 12.7. The zero-order valence-electron chi connectivity index (χ0n) is 17.0. The first-order chi connectivity index (χ1) is 15.6. The van der Waals surface area contributed by atoms with Crippen LogP contribution >= 0.6 is 23.1 Å². The number of para-hydroxylation sites is 2. The number of aryl methyl sites for hydroxylation is 1. The fourth-order valence-corrected chi connectivity index (χ4v) is 5.02. The van der Waals surface area contributed by atoms with Crippen molar-refractivity contribution in [2.75, 3.05) is 0 Å². The number of fused-ring (bicyclic) bond motifs is 2. The Morgan fingerprint density at radius 1 is 1.16 bits per heavy atom. The van der Waals surface area contributed by atoms with Crippen molar-refractivity contribution in [1.29, 1.82) is 0 Å². The van der Waals surface area contributed by atoms with Crippen molar-refractivity contribution < 1.29 is 13.9 Å². The number of aromatic nitrogens is 3. The molecule has 9 heteroatoms. The number of oxazole rings is 1. The molecule has 3 aromatic heterocycles. The predicted molar refractivity (Wildman–Crippen MR) is 123 cm³/mol. The van der Waals surface area contributed by atoms with E-state index in [-0.39, 0.29) is 12.2 Å². The van der Waals surface area contributed by atoms with Crippen molar-refractivity contribution in [2.45, 2.75) is 24.5 Å². The summed E-state index contributed by atoms with van der Waals surface area (Å²) in [6.07, 6.45) is 0. The lowest BCUT2D eigenvalue weighted by atomic mass is 10.1. The fourth-order valence-electron chi connectivity index (χ4n) is 3.29. The van der Waals surface area contributed by atoms with Gasteiger partial charge in [-0.2, -0.15) is 0 Å². The number of hydrogen-bond donors (Lipinski definition) is 0. The van der Waals surface area contributed by atoms with E-state index in [9.17, 15) is 9.59 Å². The zero-order chi connectivity index (χ0) is 22.1. The van der Waals surface area contributed by atoms with Crippen LogP contribution in [0.25, 0.3) is 16.1 Å². The third-order valence-corrected chi connectivity index (χ3v) is 6.66. The highest BCUT2D eigenvalue weighted by atomic mass is 32.2. The molecule has 0 atom stereocenters. The average Bonchev–Trinajstić information content (AvgIpc) is 3.39. The molecule has 160 valence electrons. The lowest BCUT2D eigenvalue weighted by molar-refractivity contribution is 0.0467. The van der Waals surface area contributed by atoms with E-state index in [0.29, 0.717) is 27.2 Å². The maximum Gasteiger partial charge on any atom is 0.338 e. The predicted octanol–water partition coefficient (Wildman–Crippen LogP) is 4.85. The van der Waals surface area contributed by atoms with Crippen molar-refractivity contribution in [3.05, 3.63) is 92.8 Å². The van der Waals surface area contributed by atoms with Crippen LogP contribution in [0.15, 0.2) is 74.4 Å². The minimum absolute atomic E-state index is 0.0753. The van der Waals surface area contributed by atoms with E-state index >= 15 is 0 Å². The van der Waals surface area contributed by atoms with E-state index in [0.717, 1.165) is 22.4 Å². The first-order valence-electron chi connectivity index (χ1n) is 9.79. The van der Waals surface area contributed by atoms with Crippen LogP contribution in [-0.4, -0.2) is 20.3 Å². The van der Waals surface area contributed by atoms with Gasteiger partial charge in [-0.15, -0.1) is 11.3 Å². The van der Waals surface area contributed by atoms with Crippen LogP contribution < -0.4 is 5.56 Å². The number of thioether (sulfide) groups is 1. The monoisotopic (exact) mass is 463 g/mol. The molecule has 0 unspecified atom stereocenters. The second-order valence-corrected chi connectivity index (χ2v) is 8.81. The van der Waals surface area contributed by atoms with Gasteiger partial charge in [0.25, 0.3) is 10.8 Å². The number of hydrogen-bond acceptors (Lipinski definition) is 8. The van der Waals surface area contributed by atoms with Crippen LogP contribution in [0.2, 0.25) is 0 Å². The maximum atomic E-state index is 12.8. The van der Waals surface area contributed by atoms with Gasteiger partial charge in [-0.3, -0.25) is 9.20 Å². The number of carbonyl (C=O) groups is 1. The molecule has 0 saturated carbocycles. The molecule has 0 aliphatic heterocycles. The molecule has 0 saturated heterocycles. The standard InChI is InChI=1S/C23H17N3O4S2/c1-14-12-31-22-24-16(10-20(27)26(14)22)11-29-21(28)17-7-3-2-6-15(17)13-32-23-25-18-8-4-5-9-19(18)30-23/h2-10,12H,11,13H2,1H3. The van der Waals surface area contributed by atoms with Crippen LogP contribution in [0, 0.1) is 6.92 Å². The second kappa shape index (κ2) is 8.60. The van der Waals surface area contributed by atoms with E-state index in [2.05, 4.69) is 9.97 Å². The second-order valence-electron chi connectivity index (χ2n) is 7.05. The van der Waals surface area contributed by atoms with Crippen molar-refractivity contribution >= 4 is 45.1 Å². The number of nitrogens with zero attached hydrogens (tertiary/aromatic N) is 3. The third kappa shape index (κ3) is 4.04. The van der Waals surface area contributed by atoms with Gasteiger partial charge >= 0.3 is 5.97 Å². The topological polar surface area (TPSA) is 86.7 Å². The Hall–Kier alpha value is -3.43. The Morgan fingerprint density at radius 2 is 1.97 bits per heavy atom. The van der Waals surface area contributed by atoms with E-state index in [1.165, 1.54) is 33.6 Å². The highest BCUT2D eigenvalue weighted by Crippen LogP contribution is 2.27. The van der Waals surface area contributed by atoms with E-state index in [1.54, 1.807) is 12.1 Å². The molecule has 0 amide bonds. The Morgan fingerprint density at radius 3 is 2.84 bits per heavy atom. The number of rotatable bonds is 6. The number of carbonyl (C=O) groups excluding carboxylic acids is 1. The molecular formula is C23H17N3O4S2. The van der Waals surface area contributed by atoms with Crippen LogP contribution in [0.3, 0.4) is 0 Å². The van der Waals surface area contributed by atoms with Gasteiger partial charge in [-0.05, 0) is 30.7 Å². The number of benzene rings is 2. The fraction of sp³-hybridized carbons (Fsp3) is 0.130. The summed E-state index contributed by atoms with van der Waals surface area (Å²) in [7, 11) is 0. The van der Waals surface area contributed by atoms with Crippen molar-refractivity contribution in [3.63, 3.8) is 0 Å². The molecule has 3 heterocycles. The van der Waals surface area contributed by atoms with Gasteiger partial charge < -0.3 is 9.15 Å². The minimum atomic E-state index is -0.469. The summed E-state index contributed by atoms with van der Waals surface area (Å²) in [5, 5.41) is 2.41. The maximum absolute atomic E-state index is 12.8. The van der Waals surface area contributed by atoms with Gasteiger partial charge in [0, 0.05) is 22.9 Å². The lowest BCUT2D eigenvalue weighted by Crippen LogP contribution is -2.16. The first-order valence-corrected chi connectivity index (χ1v) is 11.7. The summed E-state index contributed by atoms with van der Waals surface area (Å²) in [5.41, 5.74) is 3.85. The van der Waals surface area contributed by atoms with E-state index in [1.807, 2.05) is 48.7 Å². The van der Waals surface area contributed by atoms with Gasteiger partial charge in [0.05, 0.1) is 11.3 Å². The Bertz CT molecular complexity index is 1470. The summed E-state index contributed by atoms with van der Waals surface area (Å²) in [6.45, 7) is 1.77. The Kier molecular flexibility index (Phi) is 5.50. The van der Waals surface area contributed by atoms with Gasteiger partial charge in [0.2, 0.25) is 0 Å². The van der Waals surface area contributed by atoms with Gasteiger partial charge in [-0.1, -0.05) is 42.1 Å². The highest BCUT2D eigenvalue weighted by molar-refractivity contribution is 7.98. The molecule has 0 spiro atoms. The third-order valence-electron chi connectivity index (χ3n) is 4.84. The van der Waals surface area contributed by atoms with Crippen molar-refractivity contribution in [2.24, 2.45) is 0 Å². The van der Waals surface area contributed by atoms with Crippen molar-refractivity contribution in [3.8, 4) is 0 Å². The quantitative estimate of drug-likeness (QED) is 0.263. The first kappa shape index (κ1) is 20.5. The molecule has 0 fully saturated rings. The summed E-state index contributed by atoms with van der Waals surface area (Å²) in [6, 6.07) is 16.2. The molecular weight excluding hydrogens is 446 g/mol. The molecule has 0 aliphatic carbocycles. The molecule has 32 heavy (non-hydrogen) atoms. The smallest absolute Gasteiger partial charge is 0.338 e. The largest absolute Gasteiger partial charge is 0.456 e. The molecule has 7 nitrogen and oxygen atoms in total. The summed E-state index contributed by atoms with van der Waals surface area (Å²) in [5.74, 6) is 0.0288. The SMILES string of the molecule is Cc1csc2nc(COC(=O)c3ccccc3CSc3nc4ccccc4o3)cc(=O)n12. The zero-order valence-corrected chi connectivity index (χ0v) is 18.6. The number of ether oxygens (including phenoxy) is 1. The van der Waals surface area contributed by atoms with E-state index < -0.39 is 5.97 Å². The Labute approximate surface area is 190 Å². The molecule has 0 bridgehead atoms. The number of esters is 1. The van der Waals surface area contributed by atoms with Crippen LogP contribution in [0.1, 0.15) is 27.3 Å². The molecule has 0 radical (unpaired) electrons. The molecule has 0 aliphatic rings. The van der Waals surface area contributed by atoms with Crippen LogP contribution in [-0.2, 0) is 17.1 Å². The van der Waals surface area contributed by atoms with Crippen molar-refractivity contribution in [1.82, 2.24) is 14.4 Å². The van der Waals surface area contributed by atoms with Crippen LogP contribution in [0.4, 0.5) is 0 Å².